The van der Waals surface area contributed by atoms with Crippen LogP contribution < -0.4 is 10.1 Å². The summed E-state index contributed by atoms with van der Waals surface area (Å²) in [4.78, 5) is 36.9. The van der Waals surface area contributed by atoms with Crippen LogP contribution >= 0.6 is 11.8 Å². The summed E-state index contributed by atoms with van der Waals surface area (Å²) < 4.78 is 19.0. The fourth-order valence-corrected chi connectivity index (χ4v) is 5.20. The van der Waals surface area contributed by atoms with Crippen molar-refractivity contribution in [1.29, 1.82) is 0 Å². The molecule has 0 saturated heterocycles. The van der Waals surface area contributed by atoms with Gasteiger partial charge in [0, 0.05) is 29.8 Å². The van der Waals surface area contributed by atoms with Gasteiger partial charge in [-0.25, -0.2) is 14.3 Å². The van der Waals surface area contributed by atoms with Gasteiger partial charge in [0.2, 0.25) is 5.91 Å². The number of carbonyl (C=O) groups is 2. The third kappa shape index (κ3) is 5.41. The van der Waals surface area contributed by atoms with Gasteiger partial charge >= 0.3 is 0 Å². The number of nitrogens with one attached hydrogen (secondary N) is 1. The lowest BCUT2D eigenvalue weighted by atomic mass is 10.1. The number of halogens is 1. The van der Waals surface area contributed by atoms with Crippen molar-refractivity contribution in [2.45, 2.75) is 31.2 Å². The number of nitrogens with zero attached hydrogens (tertiary/aromatic N) is 3. The van der Waals surface area contributed by atoms with Gasteiger partial charge in [0.15, 0.2) is 5.17 Å². The number of aliphatic imine (C=N–C) groups is 2. The molecule has 0 saturated carbocycles. The van der Waals surface area contributed by atoms with Crippen molar-refractivity contribution in [2.24, 2.45) is 9.98 Å². The second-order valence-corrected chi connectivity index (χ2v) is 9.54. The van der Waals surface area contributed by atoms with Crippen LogP contribution in [0.1, 0.15) is 29.5 Å². The number of rotatable bonds is 8. The van der Waals surface area contributed by atoms with Crippen LogP contribution in [0.2, 0.25) is 0 Å². The maximum Gasteiger partial charge on any atom is 0.259 e. The number of amides is 2. The Bertz CT molecular complexity index is 1410. The van der Waals surface area contributed by atoms with Crippen LogP contribution in [-0.2, 0) is 21.9 Å². The molecule has 0 aromatic heterocycles. The van der Waals surface area contributed by atoms with E-state index in [1.807, 2.05) is 54.6 Å². The molecule has 37 heavy (non-hydrogen) atoms. The maximum absolute atomic E-state index is 13.6. The zero-order valence-corrected chi connectivity index (χ0v) is 21.0. The Morgan fingerprint density at radius 1 is 1.11 bits per heavy atom. The summed E-state index contributed by atoms with van der Waals surface area (Å²) in [6.45, 7) is 0.336. The van der Waals surface area contributed by atoms with E-state index in [0.29, 0.717) is 29.1 Å². The minimum absolute atomic E-state index is 0.154. The number of thioether (sulfide) groups is 1. The number of fused-ring (bicyclic) bond motifs is 3. The van der Waals surface area contributed by atoms with Crippen LogP contribution in [0.3, 0.4) is 0 Å². The Labute approximate surface area is 218 Å². The molecule has 188 valence electrons. The molecule has 0 bridgehead atoms. The molecule has 3 aromatic carbocycles. The zero-order chi connectivity index (χ0) is 25.8. The third-order valence-electron chi connectivity index (χ3n) is 6.12. The zero-order valence-electron chi connectivity index (χ0n) is 20.2. The highest BCUT2D eigenvalue weighted by molar-refractivity contribution is 8.13. The van der Waals surface area contributed by atoms with E-state index in [0.717, 1.165) is 22.4 Å². The largest absolute Gasteiger partial charge is 0.496 e. The molecule has 3 aromatic rings. The van der Waals surface area contributed by atoms with E-state index in [1.54, 1.807) is 13.2 Å². The lowest BCUT2D eigenvalue weighted by Gasteiger charge is -2.25. The fourth-order valence-electron chi connectivity index (χ4n) is 4.26. The summed E-state index contributed by atoms with van der Waals surface area (Å²) >= 11 is 1.36. The van der Waals surface area contributed by atoms with Gasteiger partial charge in [-0.1, -0.05) is 54.2 Å². The van der Waals surface area contributed by atoms with Crippen molar-refractivity contribution in [3.05, 3.63) is 95.3 Å². The molecule has 7 nitrogen and oxygen atoms in total. The lowest BCUT2D eigenvalue weighted by Crippen LogP contribution is -2.41. The topological polar surface area (TPSA) is 83.4 Å². The minimum atomic E-state index is -0.682. The van der Waals surface area contributed by atoms with E-state index in [4.69, 9.17) is 14.7 Å². The average Bonchev–Trinajstić information content (AvgIpc) is 3.26. The van der Waals surface area contributed by atoms with Crippen LogP contribution in [0.5, 0.6) is 5.75 Å². The summed E-state index contributed by atoms with van der Waals surface area (Å²) in [6, 6.07) is 20.7. The predicted octanol–water partition coefficient (Wildman–Crippen LogP) is 4.82. The SMILES string of the molecule is COc1ccccc1CNC(=O)CC[C@H]1N=C2c3ccccc3N=C(SCc3cccc(F)c3)N2C1=O. The summed E-state index contributed by atoms with van der Waals surface area (Å²) in [5.74, 6) is 1.00. The van der Waals surface area contributed by atoms with Crippen molar-refractivity contribution < 1.29 is 18.7 Å². The second kappa shape index (κ2) is 11.0. The number of hydrogen-bond acceptors (Lipinski definition) is 6. The van der Waals surface area contributed by atoms with Gasteiger partial charge in [0.1, 0.15) is 23.4 Å². The maximum atomic E-state index is 13.6. The normalized spacial score (nSPS) is 16.0. The first-order valence-corrected chi connectivity index (χ1v) is 12.9. The van der Waals surface area contributed by atoms with Crippen molar-refractivity contribution in [3.63, 3.8) is 0 Å². The highest BCUT2D eigenvalue weighted by Crippen LogP contribution is 2.35. The van der Waals surface area contributed by atoms with Crippen LogP contribution in [0.4, 0.5) is 10.1 Å². The molecule has 0 spiro atoms. The van der Waals surface area contributed by atoms with Crippen molar-refractivity contribution in [2.75, 3.05) is 7.11 Å². The molecule has 9 heteroatoms. The van der Waals surface area contributed by atoms with Gasteiger partial charge in [0.25, 0.3) is 5.91 Å². The average molecular weight is 517 g/mol. The molecule has 0 aliphatic carbocycles. The first kappa shape index (κ1) is 24.7. The fraction of sp³-hybridized carbons (Fsp3) is 0.214. The van der Waals surface area contributed by atoms with E-state index < -0.39 is 6.04 Å². The molecule has 2 heterocycles. The Morgan fingerprint density at radius 2 is 1.92 bits per heavy atom. The first-order chi connectivity index (χ1) is 18.0. The van der Waals surface area contributed by atoms with Crippen molar-refractivity contribution >= 4 is 40.3 Å². The number of methoxy groups -OCH3 is 1. The van der Waals surface area contributed by atoms with Crippen LogP contribution in [0.15, 0.2) is 82.8 Å². The number of carbonyl (C=O) groups excluding carboxylic acids is 2. The molecule has 2 amide bonds. The van der Waals surface area contributed by atoms with Gasteiger partial charge in [-0.2, -0.15) is 0 Å². The van der Waals surface area contributed by atoms with Gasteiger partial charge in [0.05, 0.1) is 12.8 Å². The summed E-state index contributed by atoms with van der Waals surface area (Å²) in [7, 11) is 1.59. The van der Waals surface area contributed by atoms with E-state index in [-0.39, 0.29) is 30.5 Å². The van der Waals surface area contributed by atoms with Crippen LogP contribution in [0.25, 0.3) is 0 Å². The predicted molar refractivity (Wildman–Crippen MR) is 142 cm³/mol. The highest BCUT2D eigenvalue weighted by Gasteiger charge is 2.41. The Balaban J connectivity index is 1.27. The third-order valence-corrected chi connectivity index (χ3v) is 7.13. The van der Waals surface area contributed by atoms with Crippen molar-refractivity contribution in [3.8, 4) is 5.75 Å². The van der Waals surface area contributed by atoms with E-state index in [2.05, 4.69) is 5.32 Å². The number of para-hydroxylation sites is 2. The molecule has 1 N–H and O–H groups in total. The molecule has 1 atom stereocenters. The van der Waals surface area contributed by atoms with E-state index >= 15 is 0 Å². The molecule has 2 aliphatic rings. The van der Waals surface area contributed by atoms with Gasteiger partial charge in [-0.15, -0.1) is 0 Å². The highest BCUT2D eigenvalue weighted by atomic mass is 32.2. The van der Waals surface area contributed by atoms with Crippen LogP contribution in [0, 0.1) is 5.82 Å². The summed E-state index contributed by atoms with van der Waals surface area (Å²) in [5, 5.41) is 3.39. The molecule has 0 radical (unpaired) electrons. The summed E-state index contributed by atoms with van der Waals surface area (Å²) in [5.41, 5.74) is 3.16. The molecule has 5 rings (SSSR count). The van der Waals surface area contributed by atoms with E-state index in [1.165, 1.54) is 28.8 Å². The molecule has 0 fully saturated rings. The number of benzene rings is 3. The Kier molecular flexibility index (Phi) is 7.32. The number of amidine groups is 2. The van der Waals surface area contributed by atoms with E-state index in [9.17, 15) is 14.0 Å². The minimum Gasteiger partial charge on any atom is -0.496 e. The van der Waals surface area contributed by atoms with Gasteiger partial charge < -0.3 is 10.1 Å². The molecule has 2 aliphatic heterocycles. The molecular weight excluding hydrogens is 491 g/mol. The summed E-state index contributed by atoms with van der Waals surface area (Å²) in [6.07, 6.45) is 0.432. The number of hydrogen-bond donors (Lipinski definition) is 1. The molecule has 0 unspecified atom stereocenters. The standard InChI is InChI=1S/C28H25FN4O3S/c1-36-24-12-5-2-8-19(24)16-30-25(34)14-13-23-27(35)33-26(31-23)21-10-3-4-11-22(21)32-28(33)37-17-18-7-6-9-20(29)15-18/h2-12,15,23H,13-14,16-17H2,1H3,(H,30,34)/t23-/m1/s1. The second-order valence-electron chi connectivity index (χ2n) is 8.60. The van der Waals surface area contributed by atoms with Crippen molar-refractivity contribution in [1.82, 2.24) is 10.2 Å². The number of ether oxygens (including phenoxy) is 1. The first-order valence-electron chi connectivity index (χ1n) is 11.9. The smallest absolute Gasteiger partial charge is 0.259 e. The Hall–Kier alpha value is -3.98. The monoisotopic (exact) mass is 516 g/mol. The lowest BCUT2D eigenvalue weighted by molar-refractivity contribution is -0.125. The molecular formula is C28H25FN4O3S. The van der Waals surface area contributed by atoms with Gasteiger partial charge in [-0.3, -0.25) is 14.6 Å². The van der Waals surface area contributed by atoms with Gasteiger partial charge in [-0.05, 0) is 42.3 Å². The van der Waals surface area contributed by atoms with Crippen LogP contribution in [-0.4, -0.2) is 40.9 Å². The Morgan fingerprint density at radius 3 is 2.76 bits per heavy atom. The quantitative estimate of drug-likeness (QED) is 0.465.